The Morgan fingerprint density at radius 2 is 2.08 bits per heavy atom. The van der Waals surface area contributed by atoms with E-state index in [4.69, 9.17) is 17.3 Å². The van der Waals surface area contributed by atoms with Crippen LogP contribution in [0.1, 0.15) is 31.7 Å². The number of fused-ring (bicyclic) bond motifs is 1. The number of nitrogens with two attached hydrogens (primary N) is 1. The number of nitrogens with zero attached hydrogens (tertiary/aromatic N) is 2. The molecule has 1 aromatic carbocycles. The summed E-state index contributed by atoms with van der Waals surface area (Å²) in [6.07, 6.45) is 9.75. The number of benzene rings is 1. The van der Waals surface area contributed by atoms with E-state index < -0.39 is 0 Å². The van der Waals surface area contributed by atoms with Crippen LogP contribution < -0.4 is 10.6 Å². The summed E-state index contributed by atoms with van der Waals surface area (Å²) in [5.41, 5.74) is 10.6. The number of hydrogen-bond donors (Lipinski definition) is 2. The molecule has 1 aliphatic heterocycles. The molecule has 0 radical (unpaired) electrons. The molecule has 1 aliphatic carbocycles. The van der Waals surface area contributed by atoms with E-state index in [-0.39, 0.29) is 5.91 Å². The zero-order chi connectivity index (χ0) is 18.5. The second-order valence-corrected chi connectivity index (χ2v) is 6.78. The molecule has 0 fully saturated rings. The number of halogens is 1. The van der Waals surface area contributed by atoms with Gasteiger partial charge < -0.3 is 10.6 Å². The lowest BCUT2D eigenvalue weighted by Gasteiger charge is -2.28. The first-order valence-electron chi connectivity index (χ1n) is 8.78. The van der Waals surface area contributed by atoms with Crippen molar-refractivity contribution in [2.45, 2.75) is 32.6 Å². The Kier molecular flexibility index (Phi) is 5.78. The fourth-order valence-electron chi connectivity index (χ4n) is 3.17. The lowest BCUT2D eigenvalue weighted by atomic mass is 9.98. The van der Waals surface area contributed by atoms with Crippen LogP contribution in [-0.2, 0) is 11.2 Å². The molecule has 0 spiro atoms. The van der Waals surface area contributed by atoms with E-state index in [0.29, 0.717) is 5.03 Å². The molecule has 2 heterocycles. The monoisotopic (exact) mass is 370 g/mol. The van der Waals surface area contributed by atoms with Crippen LogP contribution in [-0.4, -0.2) is 22.6 Å². The highest BCUT2D eigenvalue weighted by molar-refractivity contribution is 6.31. The van der Waals surface area contributed by atoms with Crippen molar-refractivity contribution in [2.75, 3.05) is 11.4 Å². The molecular formula is C20H23ClN4O. The van der Waals surface area contributed by atoms with Crippen molar-refractivity contribution in [3.63, 3.8) is 0 Å². The second kappa shape index (κ2) is 8.23. The molecule has 4 rings (SSSR count). The van der Waals surface area contributed by atoms with Crippen LogP contribution in [0, 0.1) is 0 Å². The van der Waals surface area contributed by atoms with Gasteiger partial charge in [-0.25, -0.2) is 0 Å². The van der Waals surface area contributed by atoms with Gasteiger partial charge in [0.05, 0.1) is 10.7 Å². The van der Waals surface area contributed by atoms with Crippen LogP contribution in [0.2, 0.25) is 0 Å². The van der Waals surface area contributed by atoms with Gasteiger partial charge in [0, 0.05) is 31.0 Å². The van der Waals surface area contributed by atoms with Gasteiger partial charge in [-0.3, -0.25) is 9.89 Å². The molecule has 2 aliphatic rings. The van der Waals surface area contributed by atoms with Gasteiger partial charge in [-0.05, 0) is 55.0 Å². The van der Waals surface area contributed by atoms with Crippen LogP contribution >= 0.6 is 11.6 Å². The summed E-state index contributed by atoms with van der Waals surface area (Å²) in [5.74, 6) is 0.116. The van der Waals surface area contributed by atoms with E-state index in [2.05, 4.69) is 16.3 Å². The fraction of sp³-hybridized carbons (Fsp3) is 0.300. The van der Waals surface area contributed by atoms with Gasteiger partial charge in [-0.15, -0.1) is 0 Å². The molecule has 2 aromatic rings. The Hall–Kier alpha value is -2.53. The van der Waals surface area contributed by atoms with E-state index >= 15 is 0 Å². The van der Waals surface area contributed by atoms with Crippen LogP contribution in [0.3, 0.4) is 0 Å². The van der Waals surface area contributed by atoms with Gasteiger partial charge in [-0.2, -0.15) is 5.10 Å². The molecule has 6 heteroatoms. The summed E-state index contributed by atoms with van der Waals surface area (Å²) in [6.45, 7) is 2.45. The van der Waals surface area contributed by atoms with Crippen molar-refractivity contribution in [2.24, 2.45) is 5.73 Å². The van der Waals surface area contributed by atoms with Crippen molar-refractivity contribution in [1.29, 1.82) is 0 Å². The Morgan fingerprint density at radius 1 is 1.27 bits per heavy atom. The number of anilines is 1. The van der Waals surface area contributed by atoms with E-state index in [9.17, 15) is 4.79 Å². The highest BCUT2D eigenvalue weighted by Gasteiger charge is 2.20. The maximum Gasteiger partial charge on any atom is 0.223 e. The zero-order valence-electron chi connectivity index (χ0n) is 14.8. The van der Waals surface area contributed by atoms with E-state index in [1.165, 1.54) is 5.56 Å². The maximum absolute atomic E-state index is 11.6. The number of hydrogen-bond acceptors (Lipinski definition) is 3. The minimum atomic E-state index is 0.116. The van der Waals surface area contributed by atoms with E-state index in [1.54, 1.807) is 13.1 Å². The minimum Gasteiger partial charge on any atom is -0.398 e. The summed E-state index contributed by atoms with van der Waals surface area (Å²) in [5, 5.41) is 7.63. The van der Waals surface area contributed by atoms with Crippen molar-refractivity contribution in [1.82, 2.24) is 10.2 Å². The average Bonchev–Trinajstić information content (AvgIpc) is 3.18. The molecule has 0 saturated carbocycles. The molecule has 1 amide bonds. The first kappa shape index (κ1) is 18.3. The van der Waals surface area contributed by atoms with Crippen molar-refractivity contribution in [3.8, 4) is 11.3 Å². The molecule has 136 valence electrons. The SMILES string of the molecule is CC(=O)N1CCCc2cc(-c3ccn[nH]3)ccc21.NC1=CCCC=C1Cl. The number of aromatic nitrogens is 2. The van der Waals surface area contributed by atoms with Crippen LogP contribution in [0.15, 0.2) is 53.3 Å². The van der Waals surface area contributed by atoms with Gasteiger partial charge in [0.2, 0.25) is 5.91 Å². The third-order valence-electron chi connectivity index (χ3n) is 4.52. The number of amides is 1. The number of rotatable bonds is 1. The van der Waals surface area contributed by atoms with Gasteiger partial charge in [0.25, 0.3) is 0 Å². The number of H-pyrrole nitrogens is 1. The van der Waals surface area contributed by atoms with E-state index in [0.717, 1.165) is 54.9 Å². The fourth-order valence-corrected chi connectivity index (χ4v) is 3.36. The average molecular weight is 371 g/mol. The number of nitrogens with one attached hydrogen (secondary N) is 1. The molecule has 0 saturated heterocycles. The molecule has 3 N–H and O–H groups in total. The van der Waals surface area contributed by atoms with Crippen molar-refractivity contribution >= 4 is 23.2 Å². The normalized spacial score (nSPS) is 16.0. The zero-order valence-corrected chi connectivity index (χ0v) is 15.6. The third-order valence-corrected chi connectivity index (χ3v) is 4.89. The van der Waals surface area contributed by atoms with Gasteiger partial charge in [-0.1, -0.05) is 29.8 Å². The molecule has 5 nitrogen and oxygen atoms in total. The predicted molar refractivity (Wildman–Crippen MR) is 106 cm³/mol. The first-order valence-corrected chi connectivity index (χ1v) is 9.16. The minimum absolute atomic E-state index is 0.116. The summed E-state index contributed by atoms with van der Waals surface area (Å²) >= 11 is 5.63. The molecule has 26 heavy (non-hydrogen) atoms. The number of aromatic amines is 1. The third kappa shape index (κ3) is 4.17. The topological polar surface area (TPSA) is 75.0 Å². The molecular weight excluding hydrogens is 348 g/mol. The highest BCUT2D eigenvalue weighted by Crippen LogP contribution is 2.31. The van der Waals surface area contributed by atoms with Gasteiger partial charge >= 0.3 is 0 Å². The van der Waals surface area contributed by atoms with Gasteiger partial charge in [0.15, 0.2) is 0 Å². The van der Waals surface area contributed by atoms with Crippen LogP contribution in [0.4, 0.5) is 5.69 Å². The summed E-state index contributed by atoms with van der Waals surface area (Å²) < 4.78 is 0. The smallest absolute Gasteiger partial charge is 0.223 e. The number of allylic oxidation sites excluding steroid dienone is 3. The molecule has 0 bridgehead atoms. The van der Waals surface area contributed by atoms with E-state index in [1.807, 2.05) is 35.3 Å². The van der Waals surface area contributed by atoms with Crippen LogP contribution in [0.25, 0.3) is 11.3 Å². The Morgan fingerprint density at radius 3 is 2.69 bits per heavy atom. The Bertz CT molecular complexity index is 822. The van der Waals surface area contributed by atoms with Gasteiger partial charge in [0.1, 0.15) is 0 Å². The molecule has 0 atom stereocenters. The first-order chi connectivity index (χ1) is 12.6. The number of carbonyl (C=O) groups excluding carboxylic acids is 1. The largest absolute Gasteiger partial charge is 0.398 e. The highest BCUT2D eigenvalue weighted by atomic mass is 35.5. The lowest BCUT2D eigenvalue weighted by Crippen LogP contribution is -2.33. The second-order valence-electron chi connectivity index (χ2n) is 6.38. The number of aryl methyl sites for hydroxylation is 1. The molecule has 1 aromatic heterocycles. The summed E-state index contributed by atoms with van der Waals surface area (Å²) in [6, 6.07) is 8.17. The molecule has 0 unspecified atom stereocenters. The Balaban J connectivity index is 0.000000206. The standard InChI is InChI=1S/C14H15N3O.C6H8ClN/c1-10(18)17-8-2-3-12-9-11(4-5-14(12)17)13-6-7-15-16-13;7-5-3-1-2-4-6(5)8/h4-7,9H,2-3,8H2,1H3,(H,15,16);3-4H,1-2,8H2. The summed E-state index contributed by atoms with van der Waals surface area (Å²) in [4.78, 5) is 13.4. The lowest BCUT2D eigenvalue weighted by molar-refractivity contribution is -0.116. The quantitative estimate of drug-likeness (QED) is 0.792. The van der Waals surface area contributed by atoms with Crippen LogP contribution in [0.5, 0.6) is 0 Å². The predicted octanol–water partition coefficient (Wildman–Crippen LogP) is 4.12. The maximum atomic E-state index is 11.6. The van der Waals surface area contributed by atoms with Crippen molar-refractivity contribution < 1.29 is 4.79 Å². The number of carbonyl (C=O) groups is 1. The summed E-state index contributed by atoms with van der Waals surface area (Å²) in [7, 11) is 0. The Labute approximate surface area is 158 Å². The van der Waals surface area contributed by atoms with Crippen molar-refractivity contribution in [3.05, 3.63) is 58.9 Å².